The average molecular weight is 281 g/mol. The Kier molecular flexibility index (Phi) is 2.95. The summed E-state index contributed by atoms with van der Waals surface area (Å²) in [6.45, 7) is 6.43. The van der Waals surface area contributed by atoms with Gasteiger partial charge in [0.25, 0.3) is 0 Å². The van der Waals surface area contributed by atoms with E-state index in [9.17, 15) is 4.79 Å². The largest absolute Gasteiger partial charge is 0.298 e. The van der Waals surface area contributed by atoms with E-state index in [1.807, 2.05) is 0 Å². The molecule has 16 heavy (non-hydrogen) atoms. The van der Waals surface area contributed by atoms with Crippen molar-refractivity contribution in [1.82, 2.24) is 0 Å². The van der Waals surface area contributed by atoms with E-state index in [-0.39, 0.29) is 16.2 Å². The van der Waals surface area contributed by atoms with Crippen LogP contribution in [0.5, 0.6) is 0 Å². The monoisotopic (exact) mass is 280 g/mol. The molecule has 0 N–H and O–H groups in total. The van der Waals surface area contributed by atoms with E-state index in [0.29, 0.717) is 12.2 Å². The fourth-order valence-corrected chi connectivity index (χ4v) is 3.02. The maximum Gasteiger partial charge on any atom is 0.147 e. The fourth-order valence-electron chi connectivity index (χ4n) is 2.58. The SMILES string of the molecule is CC1c2ccccc2C(C)(C)CC(=O)C1Br. The summed E-state index contributed by atoms with van der Waals surface area (Å²) in [7, 11) is 0. The molecule has 0 radical (unpaired) electrons. The predicted molar refractivity (Wildman–Crippen MR) is 70.2 cm³/mol. The highest BCUT2D eigenvalue weighted by molar-refractivity contribution is 9.10. The van der Waals surface area contributed by atoms with Crippen molar-refractivity contribution in [3.63, 3.8) is 0 Å². The molecule has 0 amide bonds. The Hall–Kier alpha value is -0.630. The molecule has 2 rings (SSSR count). The first-order valence-electron chi connectivity index (χ1n) is 5.69. The molecule has 0 bridgehead atoms. The van der Waals surface area contributed by atoms with Gasteiger partial charge >= 0.3 is 0 Å². The number of carbonyl (C=O) groups excluding carboxylic acids is 1. The second kappa shape index (κ2) is 3.99. The van der Waals surface area contributed by atoms with Crippen molar-refractivity contribution < 1.29 is 4.79 Å². The van der Waals surface area contributed by atoms with Crippen molar-refractivity contribution in [2.24, 2.45) is 0 Å². The lowest BCUT2D eigenvalue weighted by Crippen LogP contribution is -2.23. The molecule has 1 aromatic rings. The number of halogens is 1. The van der Waals surface area contributed by atoms with Crippen LogP contribution in [0.3, 0.4) is 0 Å². The Morgan fingerprint density at radius 1 is 1.31 bits per heavy atom. The second-order valence-corrected chi connectivity index (χ2v) is 6.29. The number of ketones is 1. The molecule has 0 heterocycles. The van der Waals surface area contributed by atoms with Gasteiger partial charge in [0.1, 0.15) is 5.78 Å². The lowest BCUT2D eigenvalue weighted by atomic mass is 9.79. The molecule has 0 aliphatic heterocycles. The van der Waals surface area contributed by atoms with Crippen molar-refractivity contribution in [3.05, 3.63) is 35.4 Å². The Morgan fingerprint density at radius 2 is 1.94 bits per heavy atom. The summed E-state index contributed by atoms with van der Waals surface area (Å²) in [4.78, 5) is 12.0. The number of carbonyl (C=O) groups is 1. The smallest absolute Gasteiger partial charge is 0.147 e. The lowest BCUT2D eigenvalue weighted by Gasteiger charge is -2.25. The predicted octanol–water partition coefficient (Wildman–Crippen LogP) is 3.80. The van der Waals surface area contributed by atoms with Crippen LogP contribution in [0, 0.1) is 0 Å². The molecule has 1 aromatic carbocycles. The normalized spacial score (nSPS) is 28.4. The van der Waals surface area contributed by atoms with Gasteiger partial charge in [-0.15, -0.1) is 0 Å². The molecule has 2 heteroatoms. The molecule has 0 fully saturated rings. The third-order valence-corrected chi connectivity index (χ3v) is 4.85. The molecule has 1 aliphatic carbocycles. The summed E-state index contributed by atoms with van der Waals surface area (Å²) in [5, 5.41) is 0. The third kappa shape index (κ3) is 1.84. The van der Waals surface area contributed by atoms with Crippen LogP contribution in [-0.2, 0) is 10.2 Å². The molecule has 1 nitrogen and oxygen atoms in total. The number of benzene rings is 1. The molecular weight excluding hydrogens is 264 g/mol. The molecule has 0 spiro atoms. The van der Waals surface area contributed by atoms with E-state index in [2.05, 4.69) is 61.0 Å². The van der Waals surface area contributed by atoms with Crippen molar-refractivity contribution in [3.8, 4) is 0 Å². The molecule has 2 atom stereocenters. The third-order valence-electron chi connectivity index (χ3n) is 3.54. The highest BCUT2D eigenvalue weighted by Crippen LogP contribution is 2.41. The molecule has 1 aliphatic rings. The molecule has 86 valence electrons. The first kappa shape index (κ1) is 11.8. The summed E-state index contributed by atoms with van der Waals surface area (Å²) < 4.78 is 0. The number of rotatable bonds is 0. The van der Waals surface area contributed by atoms with Crippen molar-refractivity contribution >= 4 is 21.7 Å². The Balaban J connectivity index is 2.61. The number of fused-ring (bicyclic) bond motifs is 1. The highest BCUT2D eigenvalue weighted by atomic mass is 79.9. The van der Waals surface area contributed by atoms with Gasteiger partial charge in [-0.2, -0.15) is 0 Å². The van der Waals surface area contributed by atoms with Crippen LogP contribution in [0.25, 0.3) is 0 Å². The van der Waals surface area contributed by atoms with Gasteiger partial charge in [-0.3, -0.25) is 4.79 Å². The van der Waals surface area contributed by atoms with E-state index in [4.69, 9.17) is 0 Å². The molecular formula is C14H17BrO. The topological polar surface area (TPSA) is 17.1 Å². The summed E-state index contributed by atoms with van der Waals surface area (Å²) in [6, 6.07) is 8.42. The summed E-state index contributed by atoms with van der Waals surface area (Å²) in [5.74, 6) is 0.569. The summed E-state index contributed by atoms with van der Waals surface area (Å²) in [6.07, 6.45) is 0.615. The van der Waals surface area contributed by atoms with Gasteiger partial charge in [0.15, 0.2) is 0 Å². The standard InChI is InChI=1S/C14H17BrO/c1-9-10-6-4-5-7-11(10)14(2,3)8-12(16)13(9)15/h4-7,9,13H,8H2,1-3H3. The first-order chi connectivity index (χ1) is 7.43. The number of hydrogen-bond donors (Lipinski definition) is 0. The van der Waals surface area contributed by atoms with Crippen LogP contribution in [-0.4, -0.2) is 10.6 Å². The minimum atomic E-state index is -0.0511. The van der Waals surface area contributed by atoms with Gasteiger partial charge < -0.3 is 0 Å². The van der Waals surface area contributed by atoms with E-state index in [1.54, 1.807) is 0 Å². The zero-order chi connectivity index (χ0) is 11.9. The Bertz CT molecular complexity index is 422. The van der Waals surface area contributed by atoms with Crippen molar-refractivity contribution in [2.75, 3.05) is 0 Å². The van der Waals surface area contributed by atoms with Gasteiger partial charge in [-0.1, -0.05) is 61.0 Å². The number of alkyl halides is 1. The van der Waals surface area contributed by atoms with E-state index in [0.717, 1.165) is 0 Å². The first-order valence-corrected chi connectivity index (χ1v) is 6.61. The quantitative estimate of drug-likeness (QED) is 0.522. The zero-order valence-electron chi connectivity index (χ0n) is 9.96. The highest BCUT2D eigenvalue weighted by Gasteiger charge is 2.37. The molecule has 2 unspecified atom stereocenters. The number of Topliss-reactive ketones (excluding diaryl/α,β-unsaturated/α-hetero) is 1. The van der Waals surface area contributed by atoms with Crippen LogP contribution in [0.15, 0.2) is 24.3 Å². The minimum Gasteiger partial charge on any atom is -0.298 e. The van der Waals surface area contributed by atoms with Gasteiger partial charge in [-0.05, 0) is 16.5 Å². The number of hydrogen-bond acceptors (Lipinski definition) is 1. The summed E-state index contributed by atoms with van der Waals surface area (Å²) >= 11 is 3.54. The lowest BCUT2D eigenvalue weighted by molar-refractivity contribution is -0.119. The van der Waals surface area contributed by atoms with E-state index in [1.165, 1.54) is 11.1 Å². The van der Waals surface area contributed by atoms with Crippen LogP contribution >= 0.6 is 15.9 Å². The van der Waals surface area contributed by atoms with Gasteiger partial charge in [0.05, 0.1) is 4.83 Å². The minimum absolute atomic E-state index is 0.0459. The molecule has 0 saturated carbocycles. The fraction of sp³-hybridized carbons (Fsp3) is 0.500. The van der Waals surface area contributed by atoms with Crippen molar-refractivity contribution in [1.29, 1.82) is 0 Å². The van der Waals surface area contributed by atoms with Crippen LogP contribution in [0.2, 0.25) is 0 Å². The maximum absolute atomic E-state index is 12.1. The van der Waals surface area contributed by atoms with Crippen LogP contribution in [0.4, 0.5) is 0 Å². The average Bonchev–Trinajstić information content (AvgIpc) is 2.31. The van der Waals surface area contributed by atoms with Gasteiger partial charge in [0.2, 0.25) is 0 Å². The molecule has 0 saturated heterocycles. The van der Waals surface area contributed by atoms with Gasteiger partial charge in [0, 0.05) is 12.3 Å². The summed E-state index contributed by atoms with van der Waals surface area (Å²) in [5.41, 5.74) is 2.57. The van der Waals surface area contributed by atoms with E-state index < -0.39 is 0 Å². The Morgan fingerprint density at radius 3 is 2.62 bits per heavy atom. The maximum atomic E-state index is 12.1. The Labute approximate surface area is 105 Å². The van der Waals surface area contributed by atoms with Crippen molar-refractivity contribution in [2.45, 2.75) is 43.4 Å². The van der Waals surface area contributed by atoms with Crippen LogP contribution < -0.4 is 0 Å². The molecule has 0 aromatic heterocycles. The zero-order valence-corrected chi connectivity index (χ0v) is 11.5. The van der Waals surface area contributed by atoms with E-state index >= 15 is 0 Å². The van der Waals surface area contributed by atoms with Gasteiger partial charge in [-0.25, -0.2) is 0 Å². The second-order valence-electron chi connectivity index (χ2n) is 5.30. The van der Waals surface area contributed by atoms with Crippen LogP contribution in [0.1, 0.15) is 44.2 Å².